The van der Waals surface area contributed by atoms with Crippen LogP contribution in [-0.4, -0.2) is 23.2 Å². The molecule has 0 aliphatic heterocycles. The number of fused-ring (bicyclic) bond motifs is 1. The first-order valence-corrected chi connectivity index (χ1v) is 6.94. The van der Waals surface area contributed by atoms with Crippen molar-refractivity contribution >= 4 is 17.2 Å². The number of aliphatic hydroxyl groups is 1. The molecule has 1 aliphatic carbocycles. The van der Waals surface area contributed by atoms with Gasteiger partial charge in [-0.2, -0.15) is 0 Å². The van der Waals surface area contributed by atoms with E-state index in [0.29, 0.717) is 0 Å². The molecule has 1 aromatic heterocycles. The Labute approximate surface area is 106 Å². The van der Waals surface area contributed by atoms with Gasteiger partial charge in [-0.05, 0) is 44.2 Å². The normalized spacial score (nSPS) is 17.6. The van der Waals surface area contributed by atoms with Crippen LogP contribution in [0, 0.1) is 0 Å². The third-order valence-corrected chi connectivity index (χ3v) is 4.75. The van der Waals surface area contributed by atoms with Crippen LogP contribution in [0.15, 0.2) is 6.07 Å². The predicted octanol–water partition coefficient (Wildman–Crippen LogP) is 2.13. The smallest absolute Gasteiger partial charge is 0.261 e. The zero-order chi connectivity index (χ0) is 12.5. The molecule has 0 aromatic carbocycles. The van der Waals surface area contributed by atoms with Crippen molar-refractivity contribution in [1.82, 2.24) is 5.32 Å². The Bertz CT molecular complexity index is 400. The molecule has 94 valence electrons. The van der Waals surface area contributed by atoms with Crippen LogP contribution >= 0.6 is 11.3 Å². The van der Waals surface area contributed by atoms with Crippen molar-refractivity contribution < 1.29 is 9.90 Å². The van der Waals surface area contributed by atoms with E-state index >= 15 is 0 Å². The number of hydrogen-bond acceptors (Lipinski definition) is 3. The zero-order valence-electron chi connectivity index (χ0n) is 10.4. The second-order valence-electron chi connectivity index (χ2n) is 4.94. The van der Waals surface area contributed by atoms with E-state index < -0.39 is 5.54 Å². The molecule has 1 amide bonds. The molecule has 1 heterocycles. The lowest BCUT2D eigenvalue weighted by atomic mass is 10.0. The number of aryl methyl sites for hydroxylation is 2. The Hall–Kier alpha value is -0.870. The summed E-state index contributed by atoms with van der Waals surface area (Å²) < 4.78 is 0. The third-order valence-electron chi connectivity index (χ3n) is 3.51. The minimum absolute atomic E-state index is 0.0275. The third kappa shape index (κ3) is 2.53. The molecule has 3 nitrogen and oxygen atoms in total. The van der Waals surface area contributed by atoms with E-state index in [1.54, 1.807) is 11.3 Å². The molecule has 1 aliphatic rings. The minimum Gasteiger partial charge on any atom is -0.394 e. The van der Waals surface area contributed by atoms with E-state index in [1.165, 1.54) is 16.9 Å². The summed E-state index contributed by atoms with van der Waals surface area (Å²) in [5.74, 6) is -0.0530. The first-order chi connectivity index (χ1) is 8.08. The summed E-state index contributed by atoms with van der Waals surface area (Å²) in [5.41, 5.74) is 0.827. The van der Waals surface area contributed by atoms with Gasteiger partial charge in [0.1, 0.15) is 0 Å². The van der Waals surface area contributed by atoms with Crippen molar-refractivity contribution in [2.24, 2.45) is 0 Å². The van der Waals surface area contributed by atoms with Crippen LogP contribution in [-0.2, 0) is 12.8 Å². The minimum atomic E-state index is -0.508. The van der Waals surface area contributed by atoms with Crippen molar-refractivity contribution in [2.75, 3.05) is 6.61 Å². The molecule has 0 spiro atoms. The molecule has 1 aromatic rings. The van der Waals surface area contributed by atoms with Gasteiger partial charge in [0.2, 0.25) is 0 Å². The predicted molar refractivity (Wildman–Crippen MR) is 69.6 cm³/mol. The van der Waals surface area contributed by atoms with Crippen molar-refractivity contribution in [3.63, 3.8) is 0 Å². The van der Waals surface area contributed by atoms with Gasteiger partial charge in [0, 0.05) is 4.88 Å². The largest absolute Gasteiger partial charge is 0.394 e. The Morgan fingerprint density at radius 1 is 1.59 bits per heavy atom. The number of aliphatic hydroxyl groups excluding tert-OH is 1. The number of rotatable bonds is 4. The monoisotopic (exact) mass is 253 g/mol. The Balaban J connectivity index is 2.09. The molecule has 0 bridgehead atoms. The fourth-order valence-electron chi connectivity index (χ4n) is 2.02. The first kappa shape index (κ1) is 12.6. The van der Waals surface area contributed by atoms with E-state index in [4.69, 9.17) is 0 Å². The molecule has 2 rings (SSSR count). The Morgan fingerprint density at radius 3 is 2.94 bits per heavy atom. The van der Waals surface area contributed by atoms with Crippen molar-refractivity contribution in [3.05, 3.63) is 21.4 Å². The summed E-state index contributed by atoms with van der Waals surface area (Å²) in [6, 6.07) is 2.01. The summed E-state index contributed by atoms with van der Waals surface area (Å²) in [5, 5.41) is 12.2. The quantitative estimate of drug-likeness (QED) is 0.863. The first-order valence-electron chi connectivity index (χ1n) is 6.13. The Kier molecular flexibility index (Phi) is 3.54. The van der Waals surface area contributed by atoms with Crippen LogP contribution in [0.4, 0.5) is 0 Å². The summed E-state index contributed by atoms with van der Waals surface area (Å²) in [7, 11) is 0. The van der Waals surface area contributed by atoms with E-state index in [1.807, 2.05) is 19.9 Å². The number of carbonyl (C=O) groups excluding carboxylic acids is 1. The van der Waals surface area contributed by atoms with Gasteiger partial charge in [-0.3, -0.25) is 4.79 Å². The number of amides is 1. The Morgan fingerprint density at radius 2 is 2.35 bits per heavy atom. The average molecular weight is 253 g/mol. The number of carbonyl (C=O) groups is 1. The fraction of sp³-hybridized carbons (Fsp3) is 0.615. The molecule has 0 saturated heterocycles. The summed E-state index contributed by atoms with van der Waals surface area (Å²) >= 11 is 1.60. The van der Waals surface area contributed by atoms with Crippen LogP contribution in [0.2, 0.25) is 0 Å². The molecular weight excluding hydrogens is 234 g/mol. The van der Waals surface area contributed by atoms with E-state index in [2.05, 4.69) is 5.32 Å². The highest BCUT2D eigenvalue weighted by Gasteiger charge is 2.26. The van der Waals surface area contributed by atoms with Crippen molar-refractivity contribution in [2.45, 2.75) is 45.1 Å². The number of thiophene rings is 1. The fourth-order valence-corrected chi connectivity index (χ4v) is 3.17. The van der Waals surface area contributed by atoms with Crippen molar-refractivity contribution in [1.29, 1.82) is 0 Å². The maximum atomic E-state index is 12.1. The molecule has 4 heteroatoms. The lowest BCUT2D eigenvalue weighted by Gasteiger charge is -2.26. The molecule has 2 N–H and O–H groups in total. The highest BCUT2D eigenvalue weighted by molar-refractivity contribution is 7.14. The topological polar surface area (TPSA) is 49.3 Å². The van der Waals surface area contributed by atoms with Gasteiger partial charge in [0.05, 0.1) is 17.0 Å². The van der Waals surface area contributed by atoms with E-state index in [-0.39, 0.29) is 12.5 Å². The SMILES string of the molecule is CCC(C)(CO)NC(=O)c1cc2c(s1)CCC2. The van der Waals surface area contributed by atoms with Gasteiger partial charge >= 0.3 is 0 Å². The second kappa shape index (κ2) is 4.78. The maximum Gasteiger partial charge on any atom is 0.261 e. The van der Waals surface area contributed by atoms with Crippen LogP contribution in [0.3, 0.4) is 0 Å². The molecule has 0 saturated carbocycles. The molecule has 0 radical (unpaired) electrons. The summed E-state index contributed by atoms with van der Waals surface area (Å²) in [4.78, 5) is 14.2. The lowest BCUT2D eigenvalue weighted by Crippen LogP contribution is -2.48. The molecule has 0 fully saturated rings. The second-order valence-corrected chi connectivity index (χ2v) is 6.08. The molecular formula is C13H19NO2S. The van der Waals surface area contributed by atoms with Crippen LogP contribution in [0.5, 0.6) is 0 Å². The van der Waals surface area contributed by atoms with Gasteiger partial charge in [0.25, 0.3) is 5.91 Å². The number of hydrogen-bond donors (Lipinski definition) is 2. The molecule has 17 heavy (non-hydrogen) atoms. The van der Waals surface area contributed by atoms with E-state index in [9.17, 15) is 9.90 Å². The van der Waals surface area contributed by atoms with Gasteiger partial charge in [-0.15, -0.1) is 11.3 Å². The van der Waals surface area contributed by atoms with Gasteiger partial charge in [-0.25, -0.2) is 0 Å². The highest BCUT2D eigenvalue weighted by atomic mass is 32.1. The maximum absolute atomic E-state index is 12.1. The molecule has 1 atom stereocenters. The van der Waals surface area contributed by atoms with Gasteiger partial charge in [-0.1, -0.05) is 6.92 Å². The number of nitrogens with one attached hydrogen (secondary N) is 1. The van der Waals surface area contributed by atoms with E-state index in [0.717, 1.165) is 24.1 Å². The standard InChI is InChI=1S/C13H19NO2S/c1-3-13(2,8-15)14-12(16)11-7-9-5-4-6-10(9)17-11/h7,15H,3-6,8H2,1-2H3,(H,14,16). The van der Waals surface area contributed by atoms with Crippen LogP contribution < -0.4 is 5.32 Å². The summed E-state index contributed by atoms with van der Waals surface area (Å²) in [6.45, 7) is 3.80. The van der Waals surface area contributed by atoms with Crippen molar-refractivity contribution in [3.8, 4) is 0 Å². The van der Waals surface area contributed by atoms with Gasteiger partial charge < -0.3 is 10.4 Å². The summed E-state index contributed by atoms with van der Waals surface area (Å²) in [6.07, 6.45) is 4.15. The zero-order valence-corrected chi connectivity index (χ0v) is 11.2. The average Bonchev–Trinajstić information content (AvgIpc) is 2.88. The van der Waals surface area contributed by atoms with Crippen LogP contribution in [0.25, 0.3) is 0 Å². The highest BCUT2D eigenvalue weighted by Crippen LogP contribution is 2.30. The van der Waals surface area contributed by atoms with Crippen LogP contribution in [0.1, 0.15) is 46.8 Å². The lowest BCUT2D eigenvalue weighted by molar-refractivity contribution is 0.0851. The molecule has 1 unspecified atom stereocenters. The van der Waals surface area contributed by atoms with Gasteiger partial charge in [0.15, 0.2) is 0 Å².